The number of rotatable bonds is 5. The van der Waals surface area contributed by atoms with Gasteiger partial charge >= 0.3 is 0 Å². The number of para-hydroxylation sites is 1. The van der Waals surface area contributed by atoms with Crippen LogP contribution in [-0.4, -0.2) is 17.5 Å². The molecule has 4 rings (SSSR count). The summed E-state index contributed by atoms with van der Waals surface area (Å²) >= 11 is 6.02. The number of ether oxygens (including phenoxy) is 1. The summed E-state index contributed by atoms with van der Waals surface area (Å²) in [6.07, 6.45) is 0. The summed E-state index contributed by atoms with van der Waals surface area (Å²) in [5.41, 5.74) is 4.00. The van der Waals surface area contributed by atoms with Gasteiger partial charge in [-0.05, 0) is 43.3 Å². The van der Waals surface area contributed by atoms with E-state index < -0.39 is 0 Å². The highest BCUT2D eigenvalue weighted by atomic mass is 35.5. The third-order valence-electron chi connectivity index (χ3n) is 4.17. The van der Waals surface area contributed by atoms with E-state index in [0.717, 1.165) is 11.1 Å². The summed E-state index contributed by atoms with van der Waals surface area (Å²) < 4.78 is 11.3. The molecule has 1 heterocycles. The summed E-state index contributed by atoms with van der Waals surface area (Å²) in [6, 6.07) is 20.3. The van der Waals surface area contributed by atoms with Crippen LogP contribution in [0, 0.1) is 6.92 Å². The van der Waals surface area contributed by atoms with Crippen LogP contribution in [0.2, 0.25) is 5.02 Å². The standard InChI is InChI=1S/C22H17ClN2O3/c1-14-6-8-15(9-7-14)22-25-18-11-10-16(12-20(18)28-22)24-21(26)13-27-19-5-3-2-4-17(19)23/h2-12H,13H2,1H3,(H,24,26). The molecular formula is C22H17ClN2O3. The van der Waals surface area contributed by atoms with Crippen LogP contribution in [0.15, 0.2) is 71.1 Å². The zero-order chi connectivity index (χ0) is 19.5. The number of fused-ring (bicyclic) bond motifs is 1. The Morgan fingerprint density at radius 1 is 1.11 bits per heavy atom. The molecule has 0 atom stereocenters. The molecule has 0 saturated carbocycles. The number of halogens is 1. The predicted octanol–water partition coefficient (Wildman–Crippen LogP) is 5.47. The third-order valence-corrected chi connectivity index (χ3v) is 4.48. The lowest BCUT2D eigenvalue weighted by Crippen LogP contribution is -2.20. The third kappa shape index (κ3) is 4.00. The van der Waals surface area contributed by atoms with E-state index in [4.69, 9.17) is 20.8 Å². The molecule has 0 bridgehead atoms. The molecule has 0 aliphatic carbocycles. The molecule has 0 unspecified atom stereocenters. The van der Waals surface area contributed by atoms with Crippen molar-refractivity contribution in [1.82, 2.24) is 4.98 Å². The fourth-order valence-electron chi connectivity index (χ4n) is 2.72. The molecule has 140 valence electrons. The van der Waals surface area contributed by atoms with Crippen molar-refractivity contribution in [3.05, 3.63) is 77.3 Å². The highest BCUT2D eigenvalue weighted by molar-refractivity contribution is 6.32. The molecule has 0 aliphatic rings. The zero-order valence-corrected chi connectivity index (χ0v) is 15.9. The Balaban J connectivity index is 1.46. The van der Waals surface area contributed by atoms with Crippen molar-refractivity contribution in [2.45, 2.75) is 6.92 Å². The first-order valence-electron chi connectivity index (χ1n) is 8.73. The van der Waals surface area contributed by atoms with Crippen LogP contribution in [0.25, 0.3) is 22.6 Å². The number of nitrogens with zero attached hydrogens (tertiary/aromatic N) is 1. The molecule has 5 nitrogen and oxygen atoms in total. The zero-order valence-electron chi connectivity index (χ0n) is 15.1. The van der Waals surface area contributed by atoms with Gasteiger partial charge in [0.1, 0.15) is 11.3 Å². The van der Waals surface area contributed by atoms with Crippen LogP contribution in [-0.2, 0) is 4.79 Å². The van der Waals surface area contributed by atoms with Crippen molar-refractivity contribution in [2.75, 3.05) is 11.9 Å². The monoisotopic (exact) mass is 392 g/mol. The lowest BCUT2D eigenvalue weighted by Gasteiger charge is -2.08. The van der Waals surface area contributed by atoms with Crippen molar-refractivity contribution >= 4 is 34.3 Å². The average Bonchev–Trinajstić information content (AvgIpc) is 3.11. The summed E-state index contributed by atoms with van der Waals surface area (Å²) in [4.78, 5) is 16.7. The first-order chi connectivity index (χ1) is 13.6. The van der Waals surface area contributed by atoms with Crippen LogP contribution in [0.3, 0.4) is 0 Å². The molecule has 1 N–H and O–H groups in total. The number of nitrogens with one attached hydrogen (secondary N) is 1. The van der Waals surface area contributed by atoms with Gasteiger partial charge in [-0.2, -0.15) is 0 Å². The minimum absolute atomic E-state index is 0.146. The highest BCUT2D eigenvalue weighted by Gasteiger charge is 2.11. The van der Waals surface area contributed by atoms with Crippen LogP contribution in [0.4, 0.5) is 5.69 Å². The molecule has 3 aromatic carbocycles. The summed E-state index contributed by atoms with van der Waals surface area (Å²) in [6.45, 7) is 1.88. The SMILES string of the molecule is Cc1ccc(-c2nc3ccc(NC(=O)COc4ccccc4Cl)cc3o2)cc1. The van der Waals surface area contributed by atoms with Gasteiger partial charge in [-0.1, -0.05) is 41.4 Å². The van der Waals surface area contributed by atoms with Crippen LogP contribution in [0.5, 0.6) is 5.75 Å². The summed E-state index contributed by atoms with van der Waals surface area (Å²) in [5, 5.41) is 3.25. The number of hydrogen-bond donors (Lipinski definition) is 1. The Morgan fingerprint density at radius 3 is 2.68 bits per heavy atom. The number of carbonyl (C=O) groups excluding carboxylic acids is 1. The second-order valence-corrected chi connectivity index (χ2v) is 6.74. The predicted molar refractivity (Wildman–Crippen MR) is 110 cm³/mol. The quantitative estimate of drug-likeness (QED) is 0.488. The molecular weight excluding hydrogens is 376 g/mol. The maximum atomic E-state index is 12.2. The van der Waals surface area contributed by atoms with Gasteiger partial charge in [0.25, 0.3) is 5.91 Å². The van der Waals surface area contributed by atoms with Crippen molar-refractivity contribution in [3.63, 3.8) is 0 Å². The van der Waals surface area contributed by atoms with Crippen molar-refractivity contribution < 1.29 is 13.9 Å². The smallest absolute Gasteiger partial charge is 0.262 e. The minimum Gasteiger partial charge on any atom is -0.482 e. The first-order valence-corrected chi connectivity index (χ1v) is 9.11. The highest BCUT2D eigenvalue weighted by Crippen LogP contribution is 2.27. The molecule has 1 aromatic heterocycles. The molecule has 0 fully saturated rings. The Labute approximate surface area is 166 Å². The normalized spacial score (nSPS) is 10.8. The van der Waals surface area contributed by atoms with Gasteiger partial charge in [0.05, 0.1) is 5.02 Å². The molecule has 0 radical (unpaired) electrons. The molecule has 4 aromatic rings. The van der Waals surface area contributed by atoms with Gasteiger partial charge in [0.2, 0.25) is 5.89 Å². The van der Waals surface area contributed by atoms with Gasteiger partial charge in [0, 0.05) is 17.3 Å². The van der Waals surface area contributed by atoms with E-state index in [1.807, 2.05) is 31.2 Å². The molecule has 0 spiro atoms. The van der Waals surface area contributed by atoms with Crippen molar-refractivity contribution in [3.8, 4) is 17.2 Å². The largest absolute Gasteiger partial charge is 0.482 e. The number of benzene rings is 3. The number of anilines is 1. The number of hydrogen-bond acceptors (Lipinski definition) is 4. The van der Waals surface area contributed by atoms with Gasteiger partial charge < -0.3 is 14.5 Å². The van der Waals surface area contributed by atoms with E-state index in [1.54, 1.807) is 42.5 Å². The van der Waals surface area contributed by atoms with E-state index in [2.05, 4.69) is 10.3 Å². The van der Waals surface area contributed by atoms with Gasteiger partial charge in [0.15, 0.2) is 12.2 Å². The van der Waals surface area contributed by atoms with Crippen molar-refractivity contribution in [1.29, 1.82) is 0 Å². The summed E-state index contributed by atoms with van der Waals surface area (Å²) in [7, 11) is 0. The van der Waals surface area contributed by atoms with Crippen LogP contribution >= 0.6 is 11.6 Å². The van der Waals surface area contributed by atoms with Gasteiger partial charge in [-0.25, -0.2) is 4.98 Å². The maximum absolute atomic E-state index is 12.2. The number of carbonyl (C=O) groups is 1. The Hall–Kier alpha value is -3.31. The van der Waals surface area contributed by atoms with E-state index in [9.17, 15) is 4.79 Å². The lowest BCUT2D eigenvalue weighted by molar-refractivity contribution is -0.118. The molecule has 0 aliphatic heterocycles. The van der Waals surface area contributed by atoms with Crippen molar-refractivity contribution in [2.24, 2.45) is 0 Å². The lowest BCUT2D eigenvalue weighted by atomic mass is 10.1. The second kappa shape index (κ2) is 7.74. The van der Waals surface area contributed by atoms with E-state index in [0.29, 0.717) is 27.9 Å². The molecule has 1 amide bonds. The maximum Gasteiger partial charge on any atom is 0.262 e. The van der Waals surface area contributed by atoms with E-state index >= 15 is 0 Å². The van der Waals surface area contributed by atoms with Gasteiger partial charge in [-0.3, -0.25) is 4.79 Å². The minimum atomic E-state index is -0.294. The van der Waals surface area contributed by atoms with Gasteiger partial charge in [-0.15, -0.1) is 0 Å². The fourth-order valence-corrected chi connectivity index (χ4v) is 2.91. The summed E-state index contributed by atoms with van der Waals surface area (Å²) in [5.74, 6) is 0.714. The number of aromatic nitrogens is 1. The number of aryl methyl sites for hydroxylation is 1. The van der Waals surface area contributed by atoms with Crippen LogP contribution < -0.4 is 10.1 Å². The Bertz CT molecular complexity index is 1140. The van der Waals surface area contributed by atoms with Crippen LogP contribution in [0.1, 0.15) is 5.56 Å². The van der Waals surface area contributed by atoms with E-state index in [-0.39, 0.29) is 12.5 Å². The number of oxazole rings is 1. The van der Waals surface area contributed by atoms with E-state index in [1.165, 1.54) is 5.56 Å². The topological polar surface area (TPSA) is 64.4 Å². The second-order valence-electron chi connectivity index (χ2n) is 6.33. The average molecular weight is 393 g/mol. The first kappa shape index (κ1) is 18.1. The number of amides is 1. The fraction of sp³-hybridized carbons (Fsp3) is 0.0909. The Morgan fingerprint density at radius 2 is 1.89 bits per heavy atom. The molecule has 6 heteroatoms. The Kier molecular flexibility index (Phi) is 5.00. The molecule has 28 heavy (non-hydrogen) atoms. The molecule has 0 saturated heterocycles.